The van der Waals surface area contributed by atoms with Crippen LogP contribution in [0.4, 0.5) is 0 Å². The highest BCUT2D eigenvalue weighted by Gasteiger charge is 2.30. The predicted molar refractivity (Wildman–Crippen MR) is 94.9 cm³/mol. The molecule has 1 N–H and O–H groups in total. The Morgan fingerprint density at radius 3 is 2.16 bits per heavy atom. The molecule has 6 heteroatoms. The zero-order chi connectivity index (χ0) is 18.6. The fraction of sp³-hybridized carbons (Fsp3) is 0.842. The Balaban J connectivity index is 1.73. The third-order valence-corrected chi connectivity index (χ3v) is 5.92. The van der Waals surface area contributed by atoms with Crippen molar-refractivity contribution in [1.29, 1.82) is 0 Å². The van der Waals surface area contributed by atoms with Crippen LogP contribution in [0.1, 0.15) is 58.8 Å². The van der Waals surface area contributed by atoms with E-state index in [9.17, 15) is 14.4 Å². The lowest BCUT2D eigenvalue weighted by molar-refractivity contribution is -0.146. The normalized spacial score (nSPS) is 21.8. The Morgan fingerprint density at radius 2 is 1.64 bits per heavy atom. The minimum absolute atomic E-state index is 0.0403. The number of carbonyl (C=O) groups excluding carboxylic acids is 2. The van der Waals surface area contributed by atoms with Gasteiger partial charge in [-0.25, -0.2) is 0 Å². The molecule has 1 saturated heterocycles. The van der Waals surface area contributed by atoms with E-state index in [1.54, 1.807) is 11.9 Å². The summed E-state index contributed by atoms with van der Waals surface area (Å²) in [7, 11) is 1.69. The first kappa shape index (κ1) is 19.7. The van der Waals surface area contributed by atoms with Gasteiger partial charge < -0.3 is 14.9 Å². The first-order chi connectivity index (χ1) is 11.7. The number of piperidine rings is 1. The quantitative estimate of drug-likeness (QED) is 0.824. The Labute approximate surface area is 150 Å². The van der Waals surface area contributed by atoms with E-state index >= 15 is 0 Å². The second-order valence-electron chi connectivity index (χ2n) is 8.55. The molecule has 2 aliphatic rings. The number of likely N-dealkylation sites (N-methyl/N-ethyl adjacent to an activating group) is 1. The molecule has 2 amide bonds. The van der Waals surface area contributed by atoms with Gasteiger partial charge in [0.1, 0.15) is 0 Å². The predicted octanol–water partition coefficient (Wildman–Crippen LogP) is 2.37. The zero-order valence-corrected chi connectivity index (χ0v) is 15.8. The van der Waals surface area contributed by atoms with Gasteiger partial charge in [0.2, 0.25) is 11.8 Å². The third-order valence-electron chi connectivity index (χ3n) is 5.92. The molecule has 0 spiro atoms. The summed E-state index contributed by atoms with van der Waals surface area (Å²) in [4.78, 5) is 39.0. The van der Waals surface area contributed by atoms with Crippen molar-refractivity contribution in [2.75, 3.05) is 26.7 Å². The summed E-state index contributed by atoms with van der Waals surface area (Å²) in [6.45, 7) is 5.59. The summed E-state index contributed by atoms with van der Waals surface area (Å²) in [6, 6.07) is 0. The van der Waals surface area contributed by atoms with Crippen LogP contribution in [0.5, 0.6) is 0 Å². The molecule has 0 aromatic rings. The van der Waals surface area contributed by atoms with Crippen LogP contribution in [-0.4, -0.2) is 59.4 Å². The molecule has 0 bridgehead atoms. The van der Waals surface area contributed by atoms with Gasteiger partial charge in [-0.1, -0.05) is 13.8 Å². The van der Waals surface area contributed by atoms with E-state index in [0.29, 0.717) is 43.7 Å². The largest absolute Gasteiger partial charge is 0.481 e. The van der Waals surface area contributed by atoms with Gasteiger partial charge in [-0.3, -0.25) is 14.4 Å². The smallest absolute Gasteiger partial charge is 0.306 e. The van der Waals surface area contributed by atoms with E-state index in [-0.39, 0.29) is 24.3 Å². The summed E-state index contributed by atoms with van der Waals surface area (Å²) in [5.41, 5.74) is 0.392. The zero-order valence-electron chi connectivity index (χ0n) is 15.8. The van der Waals surface area contributed by atoms with E-state index in [4.69, 9.17) is 5.11 Å². The summed E-state index contributed by atoms with van der Waals surface area (Å²) >= 11 is 0. The molecule has 0 aromatic carbocycles. The highest BCUT2D eigenvalue weighted by molar-refractivity contribution is 5.85. The van der Waals surface area contributed by atoms with Gasteiger partial charge >= 0.3 is 5.97 Å². The first-order valence-electron chi connectivity index (χ1n) is 9.42. The molecule has 0 atom stereocenters. The van der Waals surface area contributed by atoms with Crippen LogP contribution in [0.25, 0.3) is 0 Å². The van der Waals surface area contributed by atoms with Gasteiger partial charge in [0.05, 0.1) is 12.5 Å². The van der Waals surface area contributed by atoms with Gasteiger partial charge in [0, 0.05) is 26.6 Å². The van der Waals surface area contributed by atoms with E-state index in [1.165, 1.54) is 4.90 Å². The number of carboxylic acid groups (broad SMARTS) is 1. The van der Waals surface area contributed by atoms with Crippen molar-refractivity contribution in [3.8, 4) is 0 Å². The summed E-state index contributed by atoms with van der Waals surface area (Å²) in [5.74, 6) is -0.735. The summed E-state index contributed by atoms with van der Waals surface area (Å²) < 4.78 is 0. The number of hydrogen-bond acceptors (Lipinski definition) is 3. The van der Waals surface area contributed by atoms with Crippen LogP contribution in [-0.2, 0) is 14.4 Å². The monoisotopic (exact) mass is 352 g/mol. The minimum atomic E-state index is -0.782. The molecule has 1 saturated carbocycles. The van der Waals surface area contributed by atoms with E-state index < -0.39 is 5.97 Å². The van der Waals surface area contributed by atoms with Crippen molar-refractivity contribution in [2.24, 2.45) is 17.3 Å². The molecule has 1 heterocycles. The Bertz CT molecular complexity index is 500. The average molecular weight is 352 g/mol. The summed E-state index contributed by atoms with van der Waals surface area (Å²) in [5, 5.41) is 9.01. The Hall–Kier alpha value is -1.59. The lowest BCUT2D eigenvalue weighted by atomic mass is 9.72. The van der Waals surface area contributed by atoms with E-state index in [1.807, 2.05) is 0 Å². The third kappa shape index (κ3) is 5.72. The molecule has 1 aliphatic heterocycles. The molecule has 25 heavy (non-hydrogen) atoms. The molecule has 6 nitrogen and oxygen atoms in total. The Kier molecular flexibility index (Phi) is 6.47. The van der Waals surface area contributed by atoms with Crippen LogP contribution in [0.2, 0.25) is 0 Å². The van der Waals surface area contributed by atoms with Crippen LogP contribution in [0, 0.1) is 17.3 Å². The van der Waals surface area contributed by atoms with Gasteiger partial charge in [0.25, 0.3) is 0 Å². The lowest BCUT2D eigenvalue weighted by Gasteiger charge is -2.35. The average Bonchev–Trinajstić information content (AvgIpc) is 2.56. The Morgan fingerprint density at radius 1 is 1.08 bits per heavy atom. The maximum atomic E-state index is 12.4. The van der Waals surface area contributed by atoms with Gasteiger partial charge in [-0.15, -0.1) is 0 Å². The maximum absolute atomic E-state index is 12.4. The standard InChI is InChI=1S/C19H32N2O4/c1-19(2)8-4-14(5-9-19)12-16(22)20(3)13-17(23)21-10-6-15(7-11-21)18(24)25/h14-15H,4-13H2,1-3H3,(H,24,25). The maximum Gasteiger partial charge on any atom is 0.306 e. The summed E-state index contributed by atoms with van der Waals surface area (Å²) in [6.07, 6.45) is 6.01. The second-order valence-corrected chi connectivity index (χ2v) is 8.55. The van der Waals surface area contributed by atoms with Crippen molar-refractivity contribution < 1.29 is 19.5 Å². The van der Waals surface area contributed by atoms with Crippen molar-refractivity contribution in [1.82, 2.24) is 9.80 Å². The second kappa shape index (κ2) is 8.19. The molecule has 0 aromatic heterocycles. The van der Waals surface area contributed by atoms with Gasteiger partial charge in [-0.2, -0.15) is 0 Å². The van der Waals surface area contributed by atoms with E-state index in [0.717, 1.165) is 25.7 Å². The van der Waals surface area contributed by atoms with Crippen molar-refractivity contribution in [3.63, 3.8) is 0 Å². The molecule has 2 rings (SSSR count). The fourth-order valence-corrected chi connectivity index (χ4v) is 3.83. The van der Waals surface area contributed by atoms with Gasteiger partial charge in [-0.05, 0) is 49.9 Å². The van der Waals surface area contributed by atoms with Crippen molar-refractivity contribution in [3.05, 3.63) is 0 Å². The number of likely N-dealkylation sites (tertiary alicyclic amines) is 1. The number of carboxylic acids is 1. The topological polar surface area (TPSA) is 77.9 Å². The SMILES string of the molecule is CN(CC(=O)N1CCC(C(=O)O)CC1)C(=O)CC1CCC(C)(C)CC1. The highest BCUT2D eigenvalue weighted by atomic mass is 16.4. The molecule has 2 fully saturated rings. The number of hydrogen-bond donors (Lipinski definition) is 1. The molecular weight excluding hydrogens is 320 g/mol. The van der Waals surface area contributed by atoms with Crippen LogP contribution in [0.3, 0.4) is 0 Å². The van der Waals surface area contributed by atoms with Crippen LogP contribution < -0.4 is 0 Å². The van der Waals surface area contributed by atoms with Gasteiger partial charge in [0.15, 0.2) is 0 Å². The van der Waals surface area contributed by atoms with Crippen molar-refractivity contribution >= 4 is 17.8 Å². The number of nitrogens with zero attached hydrogens (tertiary/aromatic N) is 2. The minimum Gasteiger partial charge on any atom is -0.481 e. The number of carbonyl (C=O) groups is 3. The fourth-order valence-electron chi connectivity index (χ4n) is 3.83. The number of rotatable bonds is 5. The number of aliphatic carboxylic acids is 1. The number of amides is 2. The lowest BCUT2D eigenvalue weighted by Crippen LogP contribution is -2.45. The molecule has 0 unspecified atom stereocenters. The molecule has 142 valence electrons. The van der Waals surface area contributed by atoms with Crippen LogP contribution >= 0.6 is 0 Å². The molecule has 1 aliphatic carbocycles. The van der Waals surface area contributed by atoms with E-state index in [2.05, 4.69) is 13.8 Å². The van der Waals surface area contributed by atoms with Crippen LogP contribution in [0.15, 0.2) is 0 Å². The first-order valence-corrected chi connectivity index (χ1v) is 9.42. The van der Waals surface area contributed by atoms with Crippen molar-refractivity contribution in [2.45, 2.75) is 58.8 Å². The molecule has 0 radical (unpaired) electrons. The molecular formula is C19H32N2O4. The highest BCUT2D eigenvalue weighted by Crippen LogP contribution is 2.39.